The molecule has 0 spiro atoms. The average molecular weight is 306 g/mol. The van der Waals surface area contributed by atoms with Gasteiger partial charge in [-0.2, -0.15) is 5.10 Å². The topological polar surface area (TPSA) is 97.9 Å². The highest BCUT2D eigenvalue weighted by molar-refractivity contribution is 7.18. The highest BCUT2D eigenvalue weighted by Gasteiger charge is 2.21. The Bertz CT molecular complexity index is 645. The van der Waals surface area contributed by atoms with Gasteiger partial charge in [-0.05, 0) is 26.2 Å². The minimum Gasteiger partial charge on any atom is -0.382 e. The third kappa shape index (κ3) is 2.99. The first-order valence-electron chi connectivity index (χ1n) is 7.02. The van der Waals surface area contributed by atoms with Crippen LogP contribution in [0.5, 0.6) is 0 Å². The predicted octanol–water partition coefficient (Wildman–Crippen LogP) is 2.16. The number of hydrogen-bond donors (Lipinski definition) is 3. The molecule has 1 aliphatic rings. The SMILES string of the molecule is CCn1cc(NC(=O)c2sc(NC3CCC3)nc2N)cn1. The summed E-state index contributed by atoms with van der Waals surface area (Å²) in [7, 11) is 0. The number of rotatable bonds is 5. The molecule has 0 radical (unpaired) electrons. The number of hydrogen-bond acceptors (Lipinski definition) is 6. The zero-order chi connectivity index (χ0) is 14.8. The van der Waals surface area contributed by atoms with Gasteiger partial charge in [0, 0.05) is 18.8 Å². The summed E-state index contributed by atoms with van der Waals surface area (Å²) >= 11 is 1.29. The van der Waals surface area contributed by atoms with Crippen molar-refractivity contribution in [2.24, 2.45) is 0 Å². The maximum Gasteiger partial charge on any atom is 0.269 e. The molecule has 8 heteroatoms. The molecule has 0 aliphatic heterocycles. The Hall–Kier alpha value is -2.09. The summed E-state index contributed by atoms with van der Waals surface area (Å²) in [5.74, 6) is 0.0181. The molecule has 1 saturated carbocycles. The summed E-state index contributed by atoms with van der Waals surface area (Å²) in [5, 5.41) is 10.9. The molecule has 2 heterocycles. The molecule has 2 aromatic heterocycles. The molecule has 1 fully saturated rings. The predicted molar refractivity (Wildman–Crippen MR) is 83.6 cm³/mol. The van der Waals surface area contributed by atoms with Crippen molar-refractivity contribution >= 4 is 33.9 Å². The van der Waals surface area contributed by atoms with Crippen molar-refractivity contribution in [2.75, 3.05) is 16.4 Å². The average Bonchev–Trinajstić information content (AvgIpc) is 3.00. The summed E-state index contributed by atoms with van der Waals surface area (Å²) in [6, 6.07) is 0.467. The van der Waals surface area contributed by atoms with E-state index in [1.807, 2.05) is 6.92 Å². The van der Waals surface area contributed by atoms with Gasteiger partial charge in [-0.15, -0.1) is 0 Å². The zero-order valence-electron chi connectivity index (χ0n) is 11.8. The standard InChI is InChI=1S/C13H18N6OS/c1-2-19-7-9(6-15-19)16-12(20)10-11(14)18-13(21-10)17-8-4-3-5-8/h6-8H,2-5,14H2,1H3,(H,16,20)(H,17,18). The maximum atomic E-state index is 12.2. The molecule has 0 atom stereocenters. The highest BCUT2D eigenvalue weighted by atomic mass is 32.1. The molecule has 1 amide bonds. The van der Waals surface area contributed by atoms with E-state index in [0.29, 0.717) is 21.7 Å². The summed E-state index contributed by atoms with van der Waals surface area (Å²) in [6.45, 7) is 2.74. The van der Waals surface area contributed by atoms with Crippen LogP contribution in [-0.4, -0.2) is 26.7 Å². The minimum absolute atomic E-state index is 0.248. The van der Waals surface area contributed by atoms with Crippen LogP contribution < -0.4 is 16.4 Å². The first kappa shape index (κ1) is 13.9. The Morgan fingerprint density at radius 3 is 3.00 bits per heavy atom. The van der Waals surface area contributed by atoms with Crippen LogP contribution in [0.4, 0.5) is 16.6 Å². The van der Waals surface area contributed by atoms with Crippen LogP contribution in [0, 0.1) is 0 Å². The summed E-state index contributed by atoms with van der Waals surface area (Å²) in [6.07, 6.45) is 6.94. The van der Waals surface area contributed by atoms with Gasteiger partial charge in [0.1, 0.15) is 10.7 Å². The molecule has 112 valence electrons. The Morgan fingerprint density at radius 2 is 2.38 bits per heavy atom. The molecule has 2 aromatic rings. The van der Waals surface area contributed by atoms with E-state index in [-0.39, 0.29) is 11.7 Å². The summed E-state index contributed by atoms with van der Waals surface area (Å²) in [4.78, 5) is 16.9. The number of amides is 1. The molecular weight excluding hydrogens is 288 g/mol. The fourth-order valence-electron chi connectivity index (χ4n) is 2.07. The van der Waals surface area contributed by atoms with E-state index in [2.05, 4.69) is 20.7 Å². The van der Waals surface area contributed by atoms with Gasteiger partial charge < -0.3 is 16.4 Å². The number of nitrogens with one attached hydrogen (secondary N) is 2. The van der Waals surface area contributed by atoms with Crippen molar-refractivity contribution in [2.45, 2.75) is 38.8 Å². The zero-order valence-corrected chi connectivity index (χ0v) is 12.6. The van der Waals surface area contributed by atoms with Gasteiger partial charge >= 0.3 is 0 Å². The van der Waals surface area contributed by atoms with E-state index in [9.17, 15) is 4.79 Å². The van der Waals surface area contributed by atoms with Crippen molar-refractivity contribution < 1.29 is 4.79 Å². The quantitative estimate of drug-likeness (QED) is 0.786. The number of carbonyl (C=O) groups excluding carboxylic acids is 1. The van der Waals surface area contributed by atoms with Gasteiger partial charge in [0.15, 0.2) is 5.13 Å². The maximum absolute atomic E-state index is 12.2. The number of carbonyl (C=O) groups is 1. The monoisotopic (exact) mass is 306 g/mol. The molecular formula is C13H18N6OS. The van der Waals surface area contributed by atoms with Crippen LogP contribution in [0.1, 0.15) is 35.9 Å². The summed E-state index contributed by atoms with van der Waals surface area (Å²) < 4.78 is 1.75. The van der Waals surface area contributed by atoms with Gasteiger partial charge in [-0.3, -0.25) is 9.48 Å². The number of aromatic nitrogens is 3. The molecule has 0 aromatic carbocycles. The van der Waals surface area contributed by atoms with Gasteiger partial charge in [0.25, 0.3) is 5.91 Å². The van der Waals surface area contributed by atoms with Crippen LogP contribution in [-0.2, 0) is 6.54 Å². The molecule has 1 aliphatic carbocycles. The van der Waals surface area contributed by atoms with Crippen molar-refractivity contribution in [3.05, 3.63) is 17.3 Å². The lowest BCUT2D eigenvalue weighted by molar-refractivity contribution is 0.103. The fourth-order valence-corrected chi connectivity index (χ4v) is 2.93. The van der Waals surface area contributed by atoms with Crippen LogP contribution >= 0.6 is 11.3 Å². The lowest BCUT2D eigenvalue weighted by atomic mass is 9.93. The Kier molecular flexibility index (Phi) is 3.78. The molecule has 21 heavy (non-hydrogen) atoms. The fraction of sp³-hybridized carbons (Fsp3) is 0.462. The van der Waals surface area contributed by atoms with E-state index in [4.69, 9.17) is 5.73 Å². The number of thiazole rings is 1. The first-order valence-corrected chi connectivity index (χ1v) is 7.84. The van der Waals surface area contributed by atoms with Crippen molar-refractivity contribution in [1.29, 1.82) is 0 Å². The van der Waals surface area contributed by atoms with Crippen LogP contribution in [0.2, 0.25) is 0 Å². The lowest BCUT2D eigenvalue weighted by Crippen LogP contribution is -2.26. The number of aryl methyl sites for hydroxylation is 1. The number of nitrogens with two attached hydrogens (primary N) is 1. The lowest BCUT2D eigenvalue weighted by Gasteiger charge is -2.25. The smallest absolute Gasteiger partial charge is 0.269 e. The third-order valence-electron chi connectivity index (χ3n) is 3.51. The van der Waals surface area contributed by atoms with Gasteiger partial charge in [0.05, 0.1) is 11.9 Å². The second-order valence-electron chi connectivity index (χ2n) is 5.04. The van der Waals surface area contributed by atoms with E-state index in [1.54, 1.807) is 17.1 Å². The Balaban J connectivity index is 1.68. The van der Waals surface area contributed by atoms with Crippen molar-refractivity contribution in [3.8, 4) is 0 Å². The van der Waals surface area contributed by atoms with Crippen molar-refractivity contribution in [1.82, 2.24) is 14.8 Å². The molecule has 3 rings (SSSR count). The Morgan fingerprint density at radius 1 is 1.57 bits per heavy atom. The summed E-state index contributed by atoms with van der Waals surface area (Å²) in [5.41, 5.74) is 6.50. The number of nitrogen functional groups attached to an aromatic ring is 1. The largest absolute Gasteiger partial charge is 0.382 e. The van der Waals surface area contributed by atoms with E-state index in [1.165, 1.54) is 17.8 Å². The molecule has 4 N–H and O–H groups in total. The van der Waals surface area contributed by atoms with E-state index >= 15 is 0 Å². The second kappa shape index (κ2) is 5.72. The normalized spacial score (nSPS) is 14.7. The Labute approximate surface area is 126 Å². The second-order valence-corrected chi connectivity index (χ2v) is 6.04. The van der Waals surface area contributed by atoms with Gasteiger partial charge in [-0.25, -0.2) is 4.98 Å². The van der Waals surface area contributed by atoms with Crippen LogP contribution in [0.25, 0.3) is 0 Å². The highest BCUT2D eigenvalue weighted by Crippen LogP contribution is 2.29. The molecule has 0 unspecified atom stereocenters. The van der Waals surface area contributed by atoms with Gasteiger partial charge in [-0.1, -0.05) is 11.3 Å². The molecule has 0 bridgehead atoms. The number of nitrogens with zero attached hydrogens (tertiary/aromatic N) is 3. The first-order chi connectivity index (χ1) is 10.2. The van der Waals surface area contributed by atoms with Crippen LogP contribution in [0.15, 0.2) is 12.4 Å². The molecule has 7 nitrogen and oxygen atoms in total. The van der Waals surface area contributed by atoms with E-state index < -0.39 is 0 Å². The van der Waals surface area contributed by atoms with Crippen LogP contribution in [0.3, 0.4) is 0 Å². The number of anilines is 3. The van der Waals surface area contributed by atoms with Gasteiger partial charge in [0.2, 0.25) is 0 Å². The van der Waals surface area contributed by atoms with Crippen molar-refractivity contribution in [3.63, 3.8) is 0 Å². The third-order valence-corrected chi connectivity index (χ3v) is 4.51. The van der Waals surface area contributed by atoms with E-state index in [0.717, 1.165) is 19.4 Å². The molecule has 0 saturated heterocycles. The minimum atomic E-state index is -0.248.